The molecular weight excluding hydrogens is 513 g/mol. The molecule has 0 radical (unpaired) electrons. The number of benzene rings is 2. The molecule has 0 bridgehead atoms. The number of nitrogens with one attached hydrogen (secondary N) is 2. The van der Waals surface area contributed by atoms with Crippen LogP contribution in [0.4, 0.5) is 11.4 Å². The van der Waals surface area contributed by atoms with E-state index < -0.39 is 0 Å². The van der Waals surface area contributed by atoms with Crippen molar-refractivity contribution in [2.75, 3.05) is 16.4 Å². The Morgan fingerprint density at radius 2 is 1.77 bits per heavy atom. The molecule has 0 atom stereocenters. The van der Waals surface area contributed by atoms with Crippen LogP contribution in [-0.2, 0) is 23.1 Å². The Kier molecular flexibility index (Phi) is 7.48. The molecule has 0 unspecified atom stereocenters. The number of thioether (sulfide) groups is 1. The summed E-state index contributed by atoms with van der Waals surface area (Å²) in [7, 11) is 1.79. The van der Waals surface area contributed by atoms with E-state index in [1.54, 1.807) is 11.6 Å². The second kappa shape index (κ2) is 10.1. The quantitative estimate of drug-likeness (QED) is 0.354. The van der Waals surface area contributed by atoms with Gasteiger partial charge in [-0.25, -0.2) is 0 Å². The summed E-state index contributed by atoms with van der Waals surface area (Å²) in [5.74, 6) is 0.451. The summed E-state index contributed by atoms with van der Waals surface area (Å²) in [6.07, 6.45) is 0.103. The number of rotatable bonds is 7. The molecule has 3 aromatic rings. The maximum atomic E-state index is 12.3. The topological polar surface area (TPSA) is 88.9 Å². The fraction of sp³-hybridized carbons (Fsp3) is 0.238. The number of aromatic nitrogens is 3. The molecule has 2 amide bonds. The van der Waals surface area contributed by atoms with Crippen LogP contribution in [0.15, 0.2) is 47.6 Å². The van der Waals surface area contributed by atoms with E-state index >= 15 is 0 Å². The van der Waals surface area contributed by atoms with Crippen LogP contribution in [-0.4, -0.2) is 32.3 Å². The lowest BCUT2D eigenvalue weighted by molar-refractivity contribution is -0.116. The van der Waals surface area contributed by atoms with Gasteiger partial charge in [-0.15, -0.1) is 10.2 Å². The Morgan fingerprint density at radius 1 is 1.03 bits per heavy atom. The molecule has 0 aliphatic heterocycles. The van der Waals surface area contributed by atoms with Gasteiger partial charge in [0.15, 0.2) is 5.16 Å². The van der Waals surface area contributed by atoms with Gasteiger partial charge in [0.05, 0.1) is 12.2 Å². The maximum Gasteiger partial charge on any atom is 0.234 e. The highest BCUT2D eigenvalue weighted by atomic mass is 127. The van der Waals surface area contributed by atoms with Gasteiger partial charge in [-0.1, -0.05) is 29.5 Å². The first-order valence-electron chi connectivity index (χ1n) is 9.25. The zero-order valence-electron chi connectivity index (χ0n) is 16.9. The van der Waals surface area contributed by atoms with Gasteiger partial charge < -0.3 is 15.2 Å². The fourth-order valence-electron chi connectivity index (χ4n) is 2.69. The van der Waals surface area contributed by atoms with Crippen LogP contribution in [0.1, 0.15) is 17.0 Å². The molecule has 0 fully saturated rings. The number of aryl methyl sites for hydroxylation is 2. The van der Waals surface area contributed by atoms with Crippen LogP contribution in [0.3, 0.4) is 0 Å². The zero-order chi connectivity index (χ0) is 21.7. The minimum atomic E-state index is -0.169. The Labute approximate surface area is 193 Å². The third-order valence-corrected chi connectivity index (χ3v) is 6.07. The van der Waals surface area contributed by atoms with Crippen molar-refractivity contribution in [3.05, 3.63) is 63.0 Å². The van der Waals surface area contributed by atoms with Crippen LogP contribution < -0.4 is 10.6 Å². The highest BCUT2D eigenvalue weighted by molar-refractivity contribution is 14.1. The predicted octanol–water partition coefficient (Wildman–Crippen LogP) is 3.95. The summed E-state index contributed by atoms with van der Waals surface area (Å²) in [6.45, 7) is 3.95. The van der Waals surface area contributed by atoms with Crippen LogP contribution in [0.25, 0.3) is 0 Å². The van der Waals surface area contributed by atoms with E-state index in [1.807, 2.05) is 56.3 Å². The molecule has 156 valence electrons. The Hall–Kier alpha value is -2.40. The van der Waals surface area contributed by atoms with E-state index in [0.29, 0.717) is 11.0 Å². The van der Waals surface area contributed by atoms with Crippen molar-refractivity contribution in [1.29, 1.82) is 0 Å². The summed E-state index contributed by atoms with van der Waals surface area (Å²) in [5, 5.41) is 14.6. The Morgan fingerprint density at radius 3 is 2.47 bits per heavy atom. The molecule has 0 saturated heterocycles. The Balaban J connectivity index is 1.53. The van der Waals surface area contributed by atoms with Crippen molar-refractivity contribution in [1.82, 2.24) is 14.8 Å². The van der Waals surface area contributed by atoms with Gasteiger partial charge in [0, 0.05) is 22.0 Å². The molecule has 0 aliphatic rings. The SMILES string of the molecule is Cc1ccc(NC(=O)Cc2nnc(SCC(=O)Nc3ccc(I)cc3C)n2C)cc1. The number of anilines is 2. The highest BCUT2D eigenvalue weighted by Gasteiger charge is 2.15. The largest absolute Gasteiger partial charge is 0.326 e. The molecule has 1 aromatic heterocycles. The third kappa shape index (κ3) is 6.05. The summed E-state index contributed by atoms with van der Waals surface area (Å²) in [4.78, 5) is 24.6. The molecule has 3 rings (SSSR count). The van der Waals surface area contributed by atoms with Crippen LogP contribution in [0.5, 0.6) is 0 Å². The van der Waals surface area contributed by atoms with E-state index in [1.165, 1.54) is 11.8 Å². The van der Waals surface area contributed by atoms with Gasteiger partial charge in [-0.2, -0.15) is 0 Å². The smallest absolute Gasteiger partial charge is 0.234 e. The zero-order valence-corrected chi connectivity index (χ0v) is 19.9. The monoisotopic (exact) mass is 535 g/mol. The lowest BCUT2D eigenvalue weighted by Crippen LogP contribution is -2.17. The summed E-state index contributed by atoms with van der Waals surface area (Å²) in [5.41, 5.74) is 3.68. The number of nitrogens with zero attached hydrogens (tertiary/aromatic N) is 3. The predicted molar refractivity (Wildman–Crippen MR) is 128 cm³/mol. The van der Waals surface area contributed by atoms with Gasteiger partial charge in [0.2, 0.25) is 11.8 Å². The molecule has 0 spiro atoms. The van der Waals surface area contributed by atoms with Crippen molar-refractivity contribution in [3.8, 4) is 0 Å². The van der Waals surface area contributed by atoms with Crippen molar-refractivity contribution < 1.29 is 9.59 Å². The van der Waals surface area contributed by atoms with Crippen molar-refractivity contribution >= 4 is 57.5 Å². The van der Waals surface area contributed by atoms with Crippen molar-refractivity contribution in [2.24, 2.45) is 7.05 Å². The first-order chi connectivity index (χ1) is 14.3. The van der Waals surface area contributed by atoms with E-state index in [2.05, 4.69) is 43.4 Å². The van der Waals surface area contributed by atoms with E-state index in [0.717, 1.165) is 26.1 Å². The van der Waals surface area contributed by atoms with Gasteiger partial charge in [0.1, 0.15) is 5.82 Å². The molecule has 9 heteroatoms. The van der Waals surface area contributed by atoms with Crippen LogP contribution in [0, 0.1) is 17.4 Å². The molecule has 0 saturated carbocycles. The lowest BCUT2D eigenvalue weighted by atomic mass is 10.2. The number of hydrogen-bond donors (Lipinski definition) is 2. The van der Waals surface area contributed by atoms with Crippen LogP contribution >= 0.6 is 34.4 Å². The summed E-state index contributed by atoms with van der Waals surface area (Å²) >= 11 is 3.52. The summed E-state index contributed by atoms with van der Waals surface area (Å²) < 4.78 is 2.86. The lowest BCUT2D eigenvalue weighted by Gasteiger charge is -2.09. The summed E-state index contributed by atoms with van der Waals surface area (Å²) in [6, 6.07) is 13.5. The fourth-order valence-corrected chi connectivity index (χ4v) is 4.07. The molecule has 7 nitrogen and oxygen atoms in total. The molecule has 30 heavy (non-hydrogen) atoms. The van der Waals surface area contributed by atoms with Gasteiger partial charge in [-0.05, 0) is 72.3 Å². The normalized spacial score (nSPS) is 10.7. The highest BCUT2D eigenvalue weighted by Crippen LogP contribution is 2.20. The number of carbonyl (C=O) groups excluding carboxylic acids is 2. The van der Waals surface area contributed by atoms with Gasteiger partial charge >= 0.3 is 0 Å². The third-order valence-electron chi connectivity index (χ3n) is 4.37. The minimum absolute atomic E-state index is 0.103. The van der Waals surface area contributed by atoms with E-state index in [9.17, 15) is 9.59 Å². The number of hydrogen-bond acceptors (Lipinski definition) is 5. The van der Waals surface area contributed by atoms with E-state index in [-0.39, 0.29) is 24.0 Å². The maximum absolute atomic E-state index is 12.3. The molecular formula is C21H22IN5O2S. The average molecular weight is 535 g/mol. The van der Waals surface area contributed by atoms with Gasteiger partial charge in [0.25, 0.3) is 0 Å². The number of carbonyl (C=O) groups is 2. The van der Waals surface area contributed by atoms with Gasteiger partial charge in [-0.3, -0.25) is 9.59 Å². The Bertz CT molecular complexity index is 1070. The molecule has 1 heterocycles. The average Bonchev–Trinajstić information content (AvgIpc) is 3.04. The second-order valence-corrected chi connectivity index (χ2v) is 9.03. The standard InChI is InChI=1S/C21H22IN5O2S/c1-13-4-7-16(8-5-13)23-19(28)11-18-25-26-21(27(18)3)30-12-20(29)24-17-9-6-15(22)10-14(17)2/h4-10H,11-12H2,1-3H3,(H,23,28)(H,24,29). The first kappa shape index (κ1) is 22.3. The molecule has 2 N–H and O–H groups in total. The second-order valence-electron chi connectivity index (χ2n) is 6.84. The number of halogens is 1. The first-order valence-corrected chi connectivity index (χ1v) is 11.3. The molecule has 2 aromatic carbocycles. The van der Waals surface area contributed by atoms with E-state index in [4.69, 9.17) is 0 Å². The number of amides is 2. The van der Waals surface area contributed by atoms with Crippen molar-refractivity contribution in [3.63, 3.8) is 0 Å². The molecule has 0 aliphatic carbocycles. The van der Waals surface area contributed by atoms with Crippen LogP contribution in [0.2, 0.25) is 0 Å². The minimum Gasteiger partial charge on any atom is -0.326 e. The van der Waals surface area contributed by atoms with Crippen molar-refractivity contribution in [2.45, 2.75) is 25.4 Å².